The average molecular weight is 492 g/mol. The van der Waals surface area contributed by atoms with Crippen LogP contribution in [0, 0.1) is 5.41 Å². The Labute approximate surface area is 135 Å². The number of alkyl halides is 1. The lowest BCUT2D eigenvalue weighted by Gasteiger charge is -2.40. The van der Waals surface area contributed by atoms with Crippen LogP contribution in [0.5, 0.6) is 5.75 Å². The Morgan fingerprint density at radius 1 is 1.12 bits per heavy atom. The van der Waals surface area contributed by atoms with Crippen LogP contribution in [0.2, 0.25) is 0 Å². The van der Waals surface area contributed by atoms with Gasteiger partial charge in [0.1, 0.15) is 5.75 Å². The van der Waals surface area contributed by atoms with Gasteiger partial charge in [0.25, 0.3) is 0 Å². The Kier molecular flexibility index (Phi) is 5.01. The molecule has 5 heteroatoms. The van der Waals surface area contributed by atoms with Crippen molar-refractivity contribution < 1.29 is 4.74 Å². The van der Waals surface area contributed by atoms with Crippen LogP contribution in [-0.4, -0.2) is 11.9 Å². The maximum absolute atomic E-state index is 5.98. The third-order valence-corrected chi connectivity index (χ3v) is 6.01. The van der Waals surface area contributed by atoms with Crippen molar-refractivity contribution >= 4 is 63.7 Å². The van der Waals surface area contributed by atoms with E-state index in [0.717, 1.165) is 31.1 Å². The molecule has 1 aromatic carbocycles. The van der Waals surface area contributed by atoms with Crippen molar-refractivity contribution in [2.45, 2.75) is 19.3 Å². The molecule has 0 unspecified atom stereocenters. The number of hydrogen-bond donors (Lipinski definition) is 0. The normalized spacial score (nSPS) is 17.6. The summed E-state index contributed by atoms with van der Waals surface area (Å²) in [7, 11) is 0. The molecule has 2 rings (SSSR count). The van der Waals surface area contributed by atoms with Crippen LogP contribution in [-0.2, 0) is 0 Å². The number of ether oxygens (including phenoxy) is 1. The van der Waals surface area contributed by atoms with Crippen LogP contribution < -0.4 is 4.74 Å². The fraction of sp³-hybridized carbons (Fsp3) is 0.500. The minimum atomic E-state index is 0.339. The van der Waals surface area contributed by atoms with Gasteiger partial charge in [-0.05, 0) is 56.8 Å². The minimum Gasteiger partial charge on any atom is -0.491 e. The molecule has 0 N–H and O–H groups in total. The van der Waals surface area contributed by atoms with Crippen molar-refractivity contribution in [1.82, 2.24) is 0 Å². The Balaban J connectivity index is 2.09. The van der Waals surface area contributed by atoms with Gasteiger partial charge in [-0.25, -0.2) is 0 Å². The predicted octanol–water partition coefficient (Wildman–Crippen LogP) is 5.92. The molecule has 1 nitrogen and oxygen atoms in total. The van der Waals surface area contributed by atoms with Crippen LogP contribution in [0.1, 0.15) is 19.3 Å². The molecular formula is C12H12Br4O. The van der Waals surface area contributed by atoms with E-state index in [1.807, 2.05) is 12.1 Å². The van der Waals surface area contributed by atoms with E-state index in [0.29, 0.717) is 5.41 Å². The first-order valence-electron chi connectivity index (χ1n) is 5.40. The van der Waals surface area contributed by atoms with Crippen molar-refractivity contribution in [2.24, 2.45) is 5.41 Å². The first kappa shape index (κ1) is 14.4. The summed E-state index contributed by atoms with van der Waals surface area (Å²) in [6.07, 6.45) is 3.83. The summed E-state index contributed by atoms with van der Waals surface area (Å²) in [5.41, 5.74) is 0.339. The quantitative estimate of drug-likeness (QED) is 0.475. The van der Waals surface area contributed by atoms with E-state index in [2.05, 4.69) is 63.7 Å². The first-order valence-corrected chi connectivity index (χ1v) is 8.90. The molecule has 1 fully saturated rings. The van der Waals surface area contributed by atoms with E-state index in [4.69, 9.17) is 4.74 Å². The lowest BCUT2D eigenvalue weighted by atomic mass is 9.71. The van der Waals surface area contributed by atoms with Gasteiger partial charge in [-0.1, -0.05) is 38.3 Å². The van der Waals surface area contributed by atoms with Gasteiger partial charge in [-0.2, -0.15) is 0 Å². The van der Waals surface area contributed by atoms with Gasteiger partial charge in [-0.15, -0.1) is 0 Å². The van der Waals surface area contributed by atoms with E-state index >= 15 is 0 Å². The predicted molar refractivity (Wildman–Crippen MR) is 85.1 cm³/mol. The molecule has 0 bridgehead atoms. The molecule has 0 aliphatic heterocycles. The number of benzene rings is 1. The van der Waals surface area contributed by atoms with Gasteiger partial charge < -0.3 is 4.74 Å². The average Bonchev–Trinajstić information content (AvgIpc) is 2.19. The molecule has 0 radical (unpaired) electrons. The maximum atomic E-state index is 5.98. The summed E-state index contributed by atoms with van der Waals surface area (Å²) in [6, 6.07) is 4.00. The van der Waals surface area contributed by atoms with Crippen molar-refractivity contribution in [3.05, 3.63) is 25.6 Å². The van der Waals surface area contributed by atoms with Crippen LogP contribution >= 0.6 is 63.7 Å². The zero-order valence-electron chi connectivity index (χ0n) is 9.11. The van der Waals surface area contributed by atoms with E-state index in [1.54, 1.807) is 0 Å². The van der Waals surface area contributed by atoms with Gasteiger partial charge in [0.2, 0.25) is 0 Å². The lowest BCUT2D eigenvalue weighted by Crippen LogP contribution is -2.37. The van der Waals surface area contributed by atoms with Crippen LogP contribution in [0.3, 0.4) is 0 Å². The molecule has 0 atom stereocenters. The summed E-state index contributed by atoms with van der Waals surface area (Å²) in [5.74, 6) is 0.889. The fourth-order valence-corrected chi connectivity index (χ4v) is 5.10. The zero-order chi connectivity index (χ0) is 12.5. The molecule has 94 valence electrons. The molecule has 0 saturated heterocycles. The SMILES string of the molecule is BrCC1(COc2c(Br)cc(Br)cc2Br)CCC1. The minimum absolute atomic E-state index is 0.339. The summed E-state index contributed by atoms with van der Waals surface area (Å²) in [6.45, 7) is 0.775. The van der Waals surface area contributed by atoms with Crippen LogP contribution in [0.4, 0.5) is 0 Å². The molecule has 0 aromatic heterocycles. The highest BCUT2D eigenvalue weighted by atomic mass is 79.9. The second kappa shape index (κ2) is 5.93. The third kappa shape index (κ3) is 3.28. The zero-order valence-corrected chi connectivity index (χ0v) is 15.5. The summed E-state index contributed by atoms with van der Waals surface area (Å²) >= 11 is 14.1. The Morgan fingerprint density at radius 3 is 2.12 bits per heavy atom. The summed E-state index contributed by atoms with van der Waals surface area (Å²) in [4.78, 5) is 0. The fourth-order valence-electron chi connectivity index (χ4n) is 1.89. The third-order valence-electron chi connectivity index (χ3n) is 3.18. The molecule has 0 heterocycles. The largest absolute Gasteiger partial charge is 0.491 e. The highest BCUT2D eigenvalue weighted by Gasteiger charge is 2.37. The van der Waals surface area contributed by atoms with E-state index in [1.165, 1.54) is 19.3 Å². The summed E-state index contributed by atoms with van der Waals surface area (Å²) < 4.78 is 8.96. The van der Waals surface area contributed by atoms with Gasteiger partial charge >= 0.3 is 0 Å². The smallest absolute Gasteiger partial charge is 0.147 e. The van der Waals surface area contributed by atoms with Crippen molar-refractivity contribution in [3.63, 3.8) is 0 Å². The van der Waals surface area contributed by atoms with Gasteiger partial charge in [-0.3, -0.25) is 0 Å². The van der Waals surface area contributed by atoms with Crippen molar-refractivity contribution in [1.29, 1.82) is 0 Å². The first-order chi connectivity index (χ1) is 8.06. The molecule has 1 aliphatic carbocycles. The van der Waals surface area contributed by atoms with E-state index in [9.17, 15) is 0 Å². The Morgan fingerprint density at radius 2 is 1.71 bits per heavy atom. The van der Waals surface area contributed by atoms with Crippen molar-refractivity contribution in [3.8, 4) is 5.75 Å². The Bertz CT molecular complexity index is 386. The monoisotopic (exact) mass is 488 g/mol. The molecule has 1 aromatic rings. The highest BCUT2D eigenvalue weighted by molar-refractivity contribution is 9.11. The standard InChI is InChI=1S/C12H12Br4O/c13-6-12(2-1-3-12)7-17-11-9(15)4-8(14)5-10(11)16/h4-5H,1-3,6-7H2. The van der Waals surface area contributed by atoms with Crippen LogP contribution in [0.15, 0.2) is 25.6 Å². The molecule has 0 spiro atoms. The second-order valence-corrected chi connectivity index (χ2v) is 7.66. The molecular weight excluding hydrogens is 480 g/mol. The molecule has 17 heavy (non-hydrogen) atoms. The number of halogens is 4. The number of rotatable bonds is 4. The van der Waals surface area contributed by atoms with E-state index < -0.39 is 0 Å². The Hall–Kier alpha value is 0.940. The van der Waals surface area contributed by atoms with Gasteiger partial charge in [0.05, 0.1) is 15.6 Å². The topological polar surface area (TPSA) is 9.23 Å². The lowest BCUT2D eigenvalue weighted by molar-refractivity contribution is 0.0829. The maximum Gasteiger partial charge on any atom is 0.147 e. The summed E-state index contributed by atoms with van der Waals surface area (Å²) in [5, 5.41) is 1.02. The number of hydrogen-bond acceptors (Lipinski definition) is 1. The van der Waals surface area contributed by atoms with Crippen molar-refractivity contribution in [2.75, 3.05) is 11.9 Å². The highest BCUT2D eigenvalue weighted by Crippen LogP contribution is 2.44. The second-order valence-electron chi connectivity index (χ2n) is 4.47. The van der Waals surface area contributed by atoms with Gasteiger partial charge in [0.15, 0.2) is 0 Å². The molecule has 0 amide bonds. The molecule has 1 saturated carbocycles. The van der Waals surface area contributed by atoms with E-state index in [-0.39, 0.29) is 0 Å². The van der Waals surface area contributed by atoms with Gasteiger partial charge in [0, 0.05) is 15.2 Å². The van der Waals surface area contributed by atoms with Crippen LogP contribution in [0.25, 0.3) is 0 Å². The molecule has 1 aliphatic rings.